The molecule has 86 valence electrons. The molecule has 0 saturated heterocycles. The molecule has 2 aromatic rings. The van der Waals surface area contributed by atoms with Gasteiger partial charge in [-0.1, -0.05) is 6.07 Å². The Morgan fingerprint density at radius 2 is 2.06 bits per heavy atom. The van der Waals surface area contributed by atoms with Gasteiger partial charge in [0.15, 0.2) is 0 Å². The number of amides is 1. The van der Waals surface area contributed by atoms with Gasteiger partial charge >= 0.3 is 5.97 Å². The minimum atomic E-state index is -1.12. The molecule has 5 heteroatoms. The lowest BCUT2D eigenvalue weighted by molar-refractivity contribution is -0.113. The summed E-state index contributed by atoms with van der Waals surface area (Å²) in [7, 11) is 0. The average molecular weight is 231 g/mol. The molecule has 1 aromatic heterocycles. The van der Waals surface area contributed by atoms with Crippen LogP contribution in [0.25, 0.3) is 17.0 Å². The van der Waals surface area contributed by atoms with Crippen LogP contribution in [0, 0.1) is 0 Å². The van der Waals surface area contributed by atoms with Crippen LogP contribution in [0.5, 0.6) is 0 Å². The second-order valence-corrected chi connectivity index (χ2v) is 3.45. The number of carbonyl (C=O) groups is 2. The number of aromatic carboxylic acids is 1. The van der Waals surface area contributed by atoms with Crippen LogP contribution in [-0.2, 0) is 4.79 Å². The van der Waals surface area contributed by atoms with E-state index in [9.17, 15) is 9.59 Å². The summed E-state index contributed by atoms with van der Waals surface area (Å²) in [5.41, 5.74) is 6.20. The normalized spacial score (nSPS) is 11.1. The van der Waals surface area contributed by atoms with Crippen LogP contribution in [0.3, 0.4) is 0 Å². The van der Waals surface area contributed by atoms with E-state index in [4.69, 9.17) is 15.3 Å². The van der Waals surface area contributed by atoms with Gasteiger partial charge in [0.25, 0.3) is 0 Å². The number of furan rings is 1. The number of rotatable bonds is 3. The molecular formula is C12H9NO4. The van der Waals surface area contributed by atoms with Gasteiger partial charge < -0.3 is 15.3 Å². The van der Waals surface area contributed by atoms with Crippen molar-refractivity contribution < 1.29 is 19.1 Å². The minimum absolute atomic E-state index is 0.115. The van der Waals surface area contributed by atoms with Crippen LogP contribution < -0.4 is 5.73 Å². The maximum absolute atomic E-state index is 10.7. The van der Waals surface area contributed by atoms with Gasteiger partial charge in [-0.2, -0.15) is 0 Å². The van der Waals surface area contributed by atoms with Crippen LogP contribution >= 0.6 is 0 Å². The lowest BCUT2D eigenvalue weighted by Gasteiger charge is -1.92. The molecule has 0 saturated carbocycles. The number of benzene rings is 1. The summed E-state index contributed by atoms with van der Waals surface area (Å²) in [6.07, 6.45) is 2.79. The molecule has 0 aliphatic rings. The lowest BCUT2D eigenvalue weighted by atomic mass is 10.1. The van der Waals surface area contributed by atoms with Gasteiger partial charge in [0, 0.05) is 11.5 Å². The molecule has 1 heterocycles. The zero-order chi connectivity index (χ0) is 12.4. The van der Waals surface area contributed by atoms with E-state index in [2.05, 4.69) is 0 Å². The number of carbonyl (C=O) groups excluding carboxylic acids is 1. The molecule has 0 aliphatic carbocycles. The first kappa shape index (κ1) is 10.9. The smallest absolute Gasteiger partial charge is 0.371 e. The molecular weight excluding hydrogens is 222 g/mol. The first-order valence-corrected chi connectivity index (χ1v) is 4.80. The van der Waals surface area contributed by atoms with E-state index in [-0.39, 0.29) is 5.76 Å². The fourth-order valence-corrected chi connectivity index (χ4v) is 1.45. The molecule has 0 fully saturated rings. The van der Waals surface area contributed by atoms with Crippen LogP contribution in [0.1, 0.15) is 16.1 Å². The van der Waals surface area contributed by atoms with Gasteiger partial charge in [-0.15, -0.1) is 0 Å². The number of fused-ring (bicyclic) bond motifs is 1. The van der Waals surface area contributed by atoms with E-state index in [1.165, 1.54) is 12.1 Å². The fraction of sp³-hybridized carbons (Fsp3) is 0. The molecule has 0 bridgehead atoms. The van der Waals surface area contributed by atoms with Crippen molar-refractivity contribution in [3.63, 3.8) is 0 Å². The van der Waals surface area contributed by atoms with Crippen LogP contribution in [0.4, 0.5) is 0 Å². The molecule has 1 amide bonds. The number of carboxylic acid groups (broad SMARTS) is 1. The summed E-state index contributed by atoms with van der Waals surface area (Å²) in [6.45, 7) is 0. The molecule has 0 unspecified atom stereocenters. The zero-order valence-electron chi connectivity index (χ0n) is 8.71. The summed E-state index contributed by atoms with van der Waals surface area (Å²) < 4.78 is 5.09. The Labute approximate surface area is 96.1 Å². The highest BCUT2D eigenvalue weighted by molar-refractivity contribution is 5.93. The van der Waals surface area contributed by atoms with Gasteiger partial charge in [-0.3, -0.25) is 4.79 Å². The highest BCUT2D eigenvalue weighted by atomic mass is 16.4. The summed E-state index contributed by atoms with van der Waals surface area (Å²) in [4.78, 5) is 21.3. The molecule has 5 nitrogen and oxygen atoms in total. The van der Waals surface area contributed by atoms with E-state index < -0.39 is 11.9 Å². The van der Waals surface area contributed by atoms with Crippen molar-refractivity contribution in [2.45, 2.75) is 0 Å². The third-order valence-electron chi connectivity index (χ3n) is 2.19. The van der Waals surface area contributed by atoms with E-state index in [0.29, 0.717) is 11.0 Å². The standard InChI is InChI=1S/C12H9NO4/c13-11(14)4-2-7-1-3-9-8(5-7)6-10(17-9)12(15)16/h1-6H,(H2,13,14)(H,15,16). The summed E-state index contributed by atoms with van der Waals surface area (Å²) >= 11 is 0. The topological polar surface area (TPSA) is 93.5 Å². The van der Waals surface area contributed by atoms with Crippen molar-refractivity contribution in [2.75, 3.05) is 0 Å². The highest BCUT2D eigenvalue weighted by Crippen LogP contribution is 2.21. The largest absolute Gasteiger partial charge is 0.475 e. The Hall–Kier alpha value is -2.56. The van der Waals surface area contributed by atoms with Crippen molar-refractivity contribution in [2.24, 2.45) is 5.73 Å². The molecule has 0 aliphatic heterocycles. The second kappa shape index (κ2) is 4.13. The Morgan fingerprint density at radius 1 is 1.29 bits per heavy atom. The maximum atomic E-state index is 10.7. The molecule has 0 radical (unpaired) electrons. The molecule has 0 spiro atoms. The number of carboxylic acids is 1. The summed E-state index contributed by atoms with van der Waals surface area (Å²) in [5, 5.41) is 9.42. The van der Waals surface area contributed by atoms with Gasteiger partial charge in [0.1, 0.15) is 5.58 Å². The zero-order valence-corrected chi connectivity index (χ0v) is 8.71. The second-order valence-electron chi connectivity index (χ2n) is 3.45. The van der Waals surface area contributed by atoms with Crippen molar-refractivity contribution in [1.29, 1.82) is 0 Å². The molecule has 1 aromatic carbocycles. The SMILES string of the molecule is NC(=O)C=Cc1ccc2oc(C(=O)O)cc2c1. The van der Waals surface area contributed by atoms with Gasteiger partial charge in [-0.05, 0) is 29.8 Å². The van der Waals surface area contributed by atoms with E-state index in [0.717, 1.165) is 5.56 Å². The van der Waals surface area contributed by atoms with E-state index in [1.807, 2.05) is 0 Å². The number of nitrogens with two attached hydrogens (primary N) is 1. The Balaban J connectivity index is 2.43. The van der Waals surface area contributed by atoms with E-state index >= 15 is 0 Å². The third-order valence-corrected chi connectivity index (χ3v) is 2.19. The van der Waals surface area contributed by atoms with Crippen molar-refractivity contribution in [3.05, 3.63) is 41.7 Å². The third kappa shape index (κ3) is 2.34. The highest BCUT2D eigenvalue weighted by Gasteiger charge is 2.09. The average Bonchev–Trinajstić information content (AvgIpc) is 2.69. The predicted molar refractivity (Wildman–Crippen MR) is 61.4 cm³/mol. The molecule has 17 heavy (non-hydrogen) atoms. The number of hydrogen-bond acceptors (Lipinski definition) is 3. The molecule has 0 atom stereocenters. The van der Waals surface area contributed by atoms with Crippen molar-refractivity contribution in [1.82, 2.24) is 0 Å². The Morgan fingerprint density at radius 3 is 2.71 bits per heavy atom. The summed E-state index contributed by atoms with van der Waals surface area (Å²) in [5.74, 6) is -1.77. The summed E-state index contributed by atoms with van der Waals surface area (Å²) in [6, 6.07) is 6.49. The lowest BCUT2D eigenvalue weighted by Crippen LogP contribution is -2.04. The Bertz CT molecular complexity index is 624. The number of primary amides is 1. The maximum Gasteiger partial charge on any atom is 0.371 e. The van der Waals surface area contributed by atoms with Crippen LogP contribution in [0.2, 0.25) is 0 Å². The van der Waals surface area contributed by atoms with Crippen LogP contribution in [0.15, 0.2) is 34.8 Å². The van der Waals surface area contributed by atoms with Crippen molar-refractivity contribution >= 4 is 28.9 Å². The van der Waals surface area contributed by atoms with Gasteiger partial charge in [0.05, 0.1) is 0 Å². The van der Waals surface area contributed by atoms with Crippen molar-refractivity contribution in [3.8, 4) is 0 Å². The first-order valence-electron chi connectivity index (χ1n) is 4.80. The molecule has 3 N–H and O–H groups in total. The molecule has 2 rings (SSSR count). The Kier molecular flexibility index (Phi) is 2.66. The van der Waals surface area contributed by atoms with Gasteiger partial charge in [0.2, 0.25) is 11.7 Å². The van der Waals surface area contributed by atoms with Crippen LogP contribution in [-0.4, -0.2) is 17.0 Å². The minimum Gasteiger partial charge on any atom is -0.475 e. The first-order chi connectivity index (χ1) is 8.06. The van der Waals surface area contributed by atoms with Gasteiger partial charge in [-0.25, -0.2) is 4.79 Å². The quantitative estimate of drug-likeness (QED) is 0.785. The fourth-order valence-electron chi connectivity index (χ4n) is 1.45. The van der Waals surface area contributed by atoms with E-state index in [1.54, 1.807) is 24.3 Å². The predicted octanol–water partition coefficient (Wildman–Crippen LogP) is 1.63. The number of hydrogen-bond donors (Lipinski definition) is 2. The monoisotopic (exact) mass is 231 g/mol.